The summed E-state index contributed by atoms with van der Waals surface area (Å²) in [7, 11) is -0.276. The van der Waals surface area contributed by atoms with Gasteiger partial charge in [-0.2, -0.15) is 17.5 Å². The first-order valence-corrected chi connectivity index (χ1v) is 10.5. The molecular weight excluding hydrogens is 421 g/mol. The standard InChI is InChI=1S/C19H21F3N4O3S/c1-24(2)17-8-3-14(13-23-17)18(27)25-9-11-26(12-10-25)30(28,29)16-6-4-15(5-7-16)19(20,21)22/h3-8,13H,9-12H2,1-2H3. The third kappa shape index (κ3) is 4.57. The fourth-order valence-electron chi connectivity index (χ4n) is 3.06. The van der Waals surface area contributed by atoms with Gasteiger partial charge in [0, 0.05) is 46.5 Å². The van der Waals surface area contributed by atoms with E-state index in [1.165, 1.54) is 15.4 Å². The summed E-state index contributed by atoms with van der Waals surface area (Å²) in [6.07, 6.45) is -3.06. The average molecular weight is 442 g/mol. The number of alkyl halides is 3. The van der Waals surface area contributed by atoms with Crippen LogP contribution < -0.4 is 4.90 Å². The number of piperazine rings is 1. The van der Waals surface area contributed by atoms with Crippen molar-refractivity contribution in [2.24, 2.45) is 0 Å². The predicted molar refractivity (Wildman–Crippen MR) is 105 cm³/mol. The molecule has 0 atom stereocenters. The van der Waals surface area contributed by atoms with E-state index in [1.807, 2.05) is 14.1 Å². The van der Waals surface area contributed by atoms with Crippen LogP contribution in [-0.2, 0) is 16.2 Å². The molecule has 162 valence electrons. The molecule has 1 saturated heterocycles. The van der Waals surface area contributed by atoms with Crippen LogP contribution in [0.1, 0.15) is 15.9 Å². The van der Waals surface area contributed by atoms with Crippen molar-refractivity contribution in [1.82, 2.24) is 14.2 Å². The molecule has 30 heavy (non-hydrogen) atoms. The molecule has 1 aromatic heterocycles. The molecule has 0 bridgehead atoms. The van der Waals surface area contributed by atoms with Gasteiger partial charge in [0.25, 0.3) is 5.91 Å². The van der Waals surface area contributed by atoms with E-state index in [9.17, 15) is 26.4 Å². The van der Waals surface area contributed by atoms with Crippen LogP contribution in [0.2, 0.25) is 0 Å². The van der Waals surface area contributed by atoms with E-state index >= 15 is 0 Å². The highest BCUT2D eigenvalue weighted by Crippen LogP contribution is 2.30. The van der Waals surface area contributed by atoms with Gasteiger partial charge in [0.15, 0.2) is 0 Å². The van der Waals surface area contributed by atoms with Gasteiger partial charge in [0.05, 0.1) is 16.0 Å². The van der Waals surface area contributed by atoms with Crippen molar-refractivity contribution in [2.75, 3.05) is 45.2 Å². The number of carbonyl (C=O) groups excluding carboxylic acids is 1. The lowest BCUT2D eigenvalue weighted by molar-refractivity contribution is -0.137. The van der Waals surface area contributed by atoms with E-state index in [4.69, 9.17) is 0 Å². The fourth-order valence-corrected chi connectivity index (χ4v) is 4.48. The molecule has 1 aromatic carbocycles. The maximum atomic E-state index is 12.7. The van der Waals surface area contributed by atoms with Crippen LogP contribution in [0, 0.1) is 0 Å². The Balaban J connectivity index is 1.66. The van der Waals surface area contributed by atoms with E-state index < -0.39 is 21.8 Å². The van der Waals surface area contributed by atoms with Gasteiger partial charge in [-0.1, -0.05) is 0 Å². The SMILES string of the molecule is CN(C)c1ccc(C(=O)N2CCN(S(=O)(=O)c3ccc(C(F)(F)F)cc3)CC2)cn1. The van der Waals surface area contributed by atoms with Crippen molar-refractivity contribution in [1.29, 1.82) is 0 Å². The lowest BCUT2D eigenvalue weighted by atomic mass is 10.2. The zero-order valence-electron chi connectivity index (χ0n) is 16.4. The lowest BCUT2D eigenvalue weighted by Crippen LogP contribution is -2.50. The largest absolute Gasteiger partial charge is 0.416 e. The molecule has 0 spiro atoms. The molecule has 3 rings (SSSR count). The van der Waals surface area contributed by atoms with E-state index in [0.29, 0.717) is 11.4 Å². The van der Waals surface area contributed by atoms with Crippen molar-refractivity contribution in [3.05, 3.63) is 53.7 Å². The van der Waals surface area contributed by atoms with Crippen molar-refractivity contribution < 1.29 is 26.4 Å². The number of amides is 1. The first kappa shape index (κ1) is 22.0. The summed E-state index contributed by atoms with van der Waals surface area (Å²) in [6.45, 7) is 0.457. The molecule has 2 aromatic rings. The fraction of sp³-hybridized carbons (Fsp3) is 0.368. The Kier molecular flexibility index (Phi) is 6.04. The number of halogens is 3. The Hall–Kier alpha value is -2.66. The smallest absolute Gasteiger partial charge is 0.363 e. The van der Waals surface area contributed by atoms with Gasteiger partial charge in [-0.15, -0.1) is 0 Å². The summed E-state index contributed by atoms with van der Waals surface area (Å²) in [5.41, 5.74) is -0.509. The topological polar surface area (TPSA) is 73.8 Å². The van der Waals surface area contributed by atoms with Crippen molar-refractivity contribution in [2.45, 2.75) is 11.1 Å². The van der Waals surface area contributed by atoms with Gasteiger partial charge in [-0.3, -0.25) is 4.79 Å². The molecule has 7 nitrogen and oxygen atoms in total. The second-order valence-corrected chi connectivity index (χ2v) is 8.96. The number of hydrogen-bond acceptors (Lipinski definition) is 5. The van der Waals surface area contributed by atoms with Crippen LogP contribution in [0.15, 0.2) is 47.5 Å². The second-order valence-electron chi connectivity index (χ2n) is 7.02. The number of nitrogens with zero attached hydrogens (tertiary/aromatic N) is 4. The van der Waals surface area contributed by atoms with Gasteiger partial charge in [0.2, 0.25) is 10.0 Å². The molecule has 0 unspecified atom stereocenters. The molecule has 1 fully saturated rings. The molecule has 1 aliphatic rings. The number of pyridine rings is 1. The highest BCUT2D eigenvalue weighted by molar-refractivity contribution is 7.89. The maximum Gasteiger partial charge on any atom is 0.416 e. The van der Waals surface area contributed by atoms with E-state index in [-0.39, 0.29) is 37.0 Å². The van der Waals surface area contributed by atoms with Gasteiger partial charge < -0.3 is 9.80 Å². The van der Waals surface area contributed by atoms with Crippen LogP contribution in [0.25, 0.3) is 0 Å². The Morgan fingerprint density at radius 2 is 1.60 bits per heavy atom. The Morgan fingerprint density at radius 1 is 1.00 bits per heavy atom. The summed E-state index contributed by atoms with van der Waals surface area (Å²) in [5, 5.41) is 0. The molecule has 0 radical (unpaired) electrons. The predicted octanol–water partition coefficient (Wildman–Crippen LogP) is 2.31. The van der Waals surface area contributed by atoms with Crippen LogP contribution in [-0.4, -0.2) is 68.8 Å². The minimum atomic E-state index is -4.53. The van der Waals surface area contributed by atoms with Gasteiger partial charge in [-0.25, -0.2) is 13.4 Å². The molecule has 11 heteroatoms. The van der Waals surface area contributed by atoms with Crippen LogP contribution in [0.4, 0.5) is 19.0 Å². The zero-order chi connectivity index (χ0) is 22.1. The third-order valence-corrected chi connectivity index (χ3v) is 6.71. The van der Waals surface area contributed by atoms with Crippen LogP contribution in [0.5, 0.6) is 0 Å². The van der Waals surface area contributed by atoms with Gasteiger partial charge in [-0.05, 0) is 36.4 Å². The summed E-state index contributed by atoms with van der Waals surface area (Å²) in [4.78, 5) is 20.0. The molecule has 2 heterocycles. The van der Waals surface area contributed by atoms with Crippen LogP contribution >= 0.6 is 0 Å². The lowest BCUT2D eigenvalue weighted by Gasteiger charge is -2.34. The number of benzene rings is 1. The maximum absolute atomic E-state index is 12.7. The number of hydrogen-bond donors (Lipinski definition) is 0. The molecule has 1 aliphatic heterocycles. The van der Waals surface area contributed by atoms with Crippen LogP contribution in [0.3, 0.4) is 0 Å². The number of carbonyl (C=O) groups is 1. The number of aromatic nitrogens is 1. The number of rotatable bonds is 4. The number of anilines is 1. The molecular formula is C19H21F3N4O3S. The molecule has 0 aliphatic carbocycles. The van der Waals surface area contributed by atoms with Gasteiger partial charge in [0.1, 0.15) is 5.82 Å². The van der Waals surface area contributed by atoms with Crippen molar-refractivity contribution in [3.63, 3.8) is 0 Å². The van der Waals surface area contributed by atoms with Crippen molar-refractivity contribution in [3.8, 4) is 0 Å². The summed E-state index contributed by atoms with van der Waals surface area (Å²) in [6, 6.07) is 6.78. The Morgan fingerprint density at radius 3 is 2.07 bits per heavy atom. The number of sulfonamides is 1. The van der Waals surface area contributed by atoms with E-state index in [1.54, 1.807) is 17.0 Å². The normalized spacial score (nSPS) is 15.8. The molecule has 0 saturated carbocycles. The Bertz CT molecular complexity index is 999. The molecule has 0 N–H and O–H groups in total. The minimum absolute atomic E-state index is 0.0539. The highest BCUT2D eigenvalue weighted by atomic mass is 32.2. The van der Waals surface area contributed by atoms with E-state index in [0.717, 1.165) is 24.3 Å². The summed E-state index contributed by atoms with van der Waals surface area (Å²) in [5.74, 6) is 0.457. The summed E-state index contributed by atoms with van der Waals surface area (Å²) < 4.78 is 64.7. The highest BCUT2D eigenvalue weighted by Gasteiger charge is 2.33. The summed E-state index contributed by atoms with van der Waals surface area (Å²) >= 11 is 0. The average Bonchev–Trinajstić information content (AvgIpc) is 2.73. The quantitative estimate of drug-likeness (QED) is 0.727. The monoisotopic (exact) mass is 442 g/mol. The van der Waals surface area contributed by atoms with Gasteiger partial charge >= 0.3 is 6.18 Å². The second kappa shape index (κ2) is 8.23. The first-order valence-electron chi connectivity index (χ1n) is 9.10. The first-order chi connectivity index (χ1) is 14.0. The Labute approximate surface area is 172 Å². The zero-order valence-corrected chi connectivity index (χ0v) is 17.2. The van der Waals surface area contributed by atoms with Crippen molar-refractivity contribution >= 4 is 21.7 Å². The third-order valence-electron chi connectivity index (χ3n) is 4.80. The molecule has 1 amide bonds. The minimum Gasteiger partial charge on any atom is -0.363 e. The van der Waals surface area contributed by atoms with E-state index in [2.05, 4.69) is 4.98 Å².